The Kier molecular flexibility index (Phi) is 3.67. The Morgan fingerprint density at radius 3 is 1.75 bits per heavy atom. The summed E-state index contributed by atoms with van der Waals surface area (Å²) in [6.45, 7) is 0.733. The molecule has 0 amide bonds. The first-order valence-electron chi connectivity index (χ1n) is 9.43. The van der Waals surface area contributed by atoms with E-state index < -0.39 is 12.6 Å². The van der Waals surface area contributed by atoms with Crippen molar-refractivity contribution in [2.75, 3.05) is 13.2 Å². The summed E-state index contributed by atoms with van der Waals surface area (Å²) in [5.74, 6) is -0.138. The average Bonchev–Trinajstić information content (AvgIpc) is 3.38. The number of imidazole rings is 1. The van der Waals surface area contributed by atoms with Gasteiger partial charge >= 0.3 is 0 Å². The first kappa shape index (κ1) is 17.0. The van der Waals surface area contributed by atoms with Crippen LogP contribution in [0.2, 0.25) is 0 Å². The molecule has 0 unspecified atom stereocenters. The number of Topliss-reactive ketones (excluding diaryl/α,β-unsaturated/α-hetero) is 2. The quantitative estimate of drug-likeness (QED) is 0.707. The van der Waals surface area contributed by atoms with Crippen LogP contribution in [-0.4, -0.2) is 58.7 Å². The lowest BCUT2D eigenvalue weighted by Gasteiger charge is -2.29. The van der Waals surface area contributed by atoms with Crippen LogP contribution in [-0.2, 0) is 28.5 Å². The molecular weight excluding hydrogens is 384 g/mol. The van der Waals surface area contributed by atoms with Crippen molar-refractivity contribution in [3.63, 3.8) is 0 Å². The summed E-state index contributed by atoms with van der Waals surface area (Å²) in [5, 5.41) is 0. The van der Waals surface area contributed by atoms with Crippen LogP contribution >= 0.6 is 12.2 Å². The van der Waals surface area contributed by atoms with Gasteiger partial charge in [-0.2, -0.15) is 0 Å². The second-order valence-electron chi connectivity index (χ2n) is 7.67. The van der Waals surface area contributed by atoms with Crippen LogP contribution in [0.15, 0.2) is 24.3 Å². The SMILES string of the molecule is O=C1C[C@@H](n2c(=S)n([C@H]3CC(=O)[C@H]4OC[C@@H]3O4)c3ccccc32)[C@@H]2CO[C@@H]1O2. The fourth-order valence-corrected chi connectivity index (χ4v) is 5.27. The number of rotatable bonds is 2. The van der Waals surface area contributed by atoms with E-state index in [4.69, 9.17) is 31.2 Å². The van der Waals surface area contributed by atoms with Crippen LogP contribution in [0.3, 0.4) is 0 Å². The maximum Gasteiger partial charge on any atom is 0.218 e. The number of para-hydroxylation sites is 2. The van der Waals surface area contributed by atoms with Gasteiger partial charge in [0.15, 0.2) is 16.3 Å². The van der Waals surface area contributed by atoms with Gasteiger partial charge in [-0.3, -0.25) is 9.59 Å². The van der Waals surface area contributed by atoms with E-state index in [0.29, 0.717) is 30.8 Å². The number of benzene rings is 1. The molecule has 0 aliphatic carbocycles. The monoisotopic (exact) mass is 402 g/mol. The minimum atomic E-state index is -0.749. The number of ether oxygens (including phenoxy) is 4. The minimum absolute atomic E-state index is 0.0688. The highest BCUT2D eigenvalue weighted by atomic mass is 32.1. The summed E-state index contributed by atoms with van der Waals surface area (Å²) in [7, 11) is 0. The lowest BCUT2D eigenvalue weighted by atomic mass is 10.0. The van der Waals surface area contributed by atoms with E-state index in [9.17, 15) is 9.59 Å². The van der Waals surface area contributed by atoms with Gasteiger partial charge in [0.2, 0.25) is 12.6 Å². The van der Waals surface area contributed by atoms with Gasteiger partial charge in [0.05, 0.1) is 36.3 Å². The molecule has 4 saturated heterocycles. The van der Waals surface area contributed by atoms with Crippen molar-refractivity contribution in [1.82, 2.24) is 9.13 Å². The van der Waals surface area contributed by atoms with Crippen LogP contribution in [0.1, 0.15) is 24.9 Å². The lowest BCUT2D eigenvalue weighted by Crippen LogP contribution is -2.38. The van der Waals surface area contributed by atoms with Crippen molar-refractivity contribution in [3.8, 4) is 0 Å². The van der Waals surface area contributed by atoms with Crippen molar-refractivity contribution in [2.45, 2.75) is 49.7 Å². The molecule has 5 heterocycles. The Labute approximate surface area is 164 Å². The molecule has 0 spiro atoms. The summed E-state index contributed by atoms with van der Waals surface area (Å²) < 4.78 is 27.0. The largest absolute Gasteiger partial charge is 0.343 e. The summed E-state index contributed by atoms with van der Waals surface area (Å²) in [6.07, 6.45) is -1.32. The molecule has 1 aromatic carbocycles. The molecular formula is C19H18N2O6S. The number of carbonyl (C=O) groups is 2. The average molecular weight is 402 g/mol. The zero-order chi connectivity index (χ0) is 19.0. The Morgan fingerprint density at radius 2 is 1.29 bits per heavy atom. The van der Waals surface area contributed by atoms with E-state index >= 15 is 0 Å². The molecule has 2 aromatic rings. The second-order valence-corrected chi connectivity index (χ2v) is 8.03. The van der Waals surface area contributed by atoms with Crippen molar-refractivity contribution >= 4 is 34.8 Å². The summed E-state index contributed by atoms with van der Waals surface area (Å²) in [4.78, 5) is 24.7. The van der Waals surface area contributed by atoms with Gasteiger partial charge < -0.3 is 28.1 Å². The maximum absolute atomic E-state index is 12.4. The van der Waals surface area contributed by atoms with Gasteiger partial charge in [-0.1, -0.05) is 12.1 Å². The highest BCUT2D eigenvalue weighted by molar-refractivity contribution is 7.71. The van der Waals surface area contributed by atoms with Crippen LogP contribution in [0, 0.1) is 4.77 Å². The number of nitrogens with zero attached hydrogens (tertiary/aromatic N) is 2. The molecule has 4 aliphatic rings. The third kappa shape index (κ3) is 2.28. The van der Waals surface area contributed by atoms with E-state index in [1.807, 2.05) is 33.4 Å². The summed E-state index contributed by atoms with van der Waals surface area (Å²) in [6, 6.07) is 7.36. The van der Waals surface area contributed by atoms with Crippen molar-refractivity contribution in [2.24, 2.45) is 0 Å². The Bertz CT molecular complexity index is 980. The second kappa shape index (κ2) is 6.04. The lowest BCUT2D eigenvalue weighted by molar-refractivity contribution is -0.156. The topological polar surface area (TPSA) is 80.9 Å². The molecule has 9 heteroatoms. The van der Waals surface area contributed by atoms with Gasteiger partial charge in [0.25, 0.3) is 0 Å². The smallest absolute Gasteiger partial charge is 0.218 e. The van der Waals surface area contributed by atoms with Gasteiger partial charge in [-0.15, -0.1) is 0 Å². The molecule has 1 aromatic heterocycles. The zero-order valence-electron chi connectivity index (χ0n) is 14.9. The highest BCUT2D eigenvalue weighted by Crippen LogP contribution is 2.39. The molecule has 0 radical (unpaired) electrons. The van der Waals surface area contributed by atoms with Crippen LogP contribution in [0.5, 0.6) is 0 Å². The maximum atomic E-state index is 12.4. The van der Waals surface area contributed by atoms with Crippen molar-refractivity contribution < 1.29 is 28.5 Å². The molecule has 4 aliphatic heterocycles. The number of carbonyl (C=O) groups excluding carboxylic acids is 2. The van der Waals surface area contributed by atoms with Gasteiger partial charge in [-0.05, 0) is 24.4 Å². The Hall–Kier alpha value is -1.91. The Balaban J connectivity index is 1.52. The third-order valence-electron chi connectivity index (χ3n) is 6.10. The number of hydrogen-bond donors (Lipinski definition) is 0. The van der Waals surface area contributed by atoms with Crippen LogP contribution in [0.25, 0.3) is 11.0 Å². The predicted octanol–water partition coefficient (Wildman–Crippen LogP) is 1.68. The standard InChI is InChI=1S/C19H18N2O6S/c22-13-5-11(15-7-24-17(13)26-15)20-9-3-1-2-4-10(9)21(19(20)28)12-6-14(23)18-25-8-16(12)27-18/h1-4,11-12,15-18H,5-8H2/t11-,12+,15-,16-,17-,18+/m0/s1. The molecule has 4 bridgehead atoms. The molecule has 4 fully saturated rings. The van der Waals surface area contributed by atoms with Crippen LogP contribution < -0.4 is 0 Å². The number of hydrogen-bond acceptors (Lipinski definition) is 7. The molecule has 6 rings (SSSR count). The first-order valence-corrected chi connectivity index (χ1v) is 9.83. The molecule has 0 N–H and O–H groups in total. The first-order chi connectivity index (χ1) is 13.6. The minimum Gasteiger partial charge on any atom is -0.343 e. The highest BCUT2D eigenvalue weighted by Gasteiger charge is 2.47. The molecule has 146 valence electrons. The van der Waals surface area contributed by atoms with Crippen LogP contribution in [0.4, 0.5) is 0 Å². The van der Waals surface area contributed by atoms with E-state index in [1.54, 1.807) is 0 Å². The Morgan fingerprint density at radius 1 is 0.821 bits per heavy atom. The number of aromatic nitrogens is 2. The van der Waals surface area contributed by atoms with E-state index in [0.717, 1.165) is 11.0 Å². The van der Waals surface area contributed by atoms with E-state index in [-0.39, 0.29) is 35.9 Å². The van der Waals surface area contributed by atoms with E-state index in [2.05, 4.69) is 0 Å². The summed E-state index contributed by atoms with van der Waals surface area (Å²) in [5.41, 5.74) is 1.82. The molecule has 28 heavy (non-hydrogen) atoms. The molecule has 6 atom stereocenters. The number of ketones is 2. The normalized spacial score (nSPS) is 37.1. The van der Waals surface area contributed by atoms with Crippen molar-refractivity contribution in [1.29, 1.82) is 0 Å². The third-order valence-corrected chi connectivity index (χ3v) is 6.49. The van der Waals surface area contributed by atoms with Gasteiger partial charge in [-0.25, -0.2) is 0 Å². The zero-order valence-corrected chi connectivity index (χ0v) is 15.7. The van der Waals surface area contributed by atoms with E-state index in [1.165, 1.54) is 0 Å². The number of fused-ring (bicyclic) bond motifs is 5. The fraction of sp³-hybridized carbons (Fsp3) is 0.526. The molecule has 0 saturated carbocycles. The molecule has 8 nitrogen and oxygen atoms in total. The summed E-state index contributed by atoms with van der Waals surface area (Å²) >= 11 is 5.87. The fourth-order valence-electron chi connectivity index (χ4n) is 4.80. The van der Waals surface area contributed by atoms with Crippen molar-refractivity contribution in [3.05, 3.63) is 29.0 Å². The van der Waals surface area contributed by atoms with Gasteiger partial charge in [0.1, 0.15) is 12.2 Å². The predicted molar refractivity (Wildman–Crippen MR) is 97.3 cm³/mol. The van der Waals surface area contributed by atoms with Gasteiger partial charge in [0, 0.05) is 12.8 Å².